The molecule has 2 fully saturated rings. The summed E-state index contributed by atoms with van der Waals surface area (Å²) in [7, 11) is 1.67. The van der Waals surface area contributed by atoms with Crippen LogP contribution in [-0.2, 0) is 4.79 Å². The lowest BCUT2D eigenvalue weighted by Crippen LogP contribution is -2.41. The van der Waals surface area contributed by atoms with E-state index in [9.17, 15) is 4.79 Å². The predicted octanol–water partition coefficient (Wildman–Crippen LogP) is 4.93. The van der Waals surface area contributed by atoms with E-state index in [0.717, 1.165) is 18.8 Å². The Morgan fingerprint density at radius 2 is 1.89 bits per heavy atom. The fraction of sp³-hybridized carbons (Fsp3) is 0.591. The van der Waals surface area contributed by atoms with Crippen molar-refractivity contribution in [1.29, 1.82) is 0 Å². The van der Waals surface area contributed by atoms with Crippen LogP contribution in [0, 0.1) is 17.3 Å². The van der Waals surface area contributed by atoms with Crippen LogP contribution < -0.4 is 10.1 Å². The molecule has 3 unspecified atom stereocenters. The van der Waals surface area contributed by atoms with E-state index in [2.05, 4.69) is 36.2 Å². The largest absolute Gasteiger partial charge is 0.497 e. The van der Waals surface area contributed by atoms with Crippen LogP contribution in [0.25, 0.3) is 0 Å². The van der Waals surface area contributed by atoms with Gasteiger partial charge in [0, 0.05) is 6.54 Å². The molecular weight excluding hydrogens is 395 g/mol. The lowest BCUT2D eigenvalue weighted by Gasteiger charge is -2.35. The molecule has 3 rings (SSSR count). The van der Waals surface area contributed by atoms with Crippen LogP contribution in [-0.4, -0.2) is 37.6 Å². The molecule has 154 valence electrons. The van der Waals surface area contributed by atoms with Crippen molar-refractivity contribution >= 4 is 29.1 Å². The number of likely N-dealkylation sites (tertiary alicyclic amines) is 1. The third kappa shape index (κ3) is 4.84. The van der Waals surface area contributed by atoms with E-state index in [-0.39, 0.29) is 33.7 Å². The average Bonchev–Trinajstić information content (AvgIpc) is 3.22. The summed E-state index contributed by atoms with van der Waals surface area (Å²) in [5.74, 6) is 0.929. The molecule has 0 radical (unpaired) electrons. The first-order chi connectivity index (χ1) is 13.3. The monoisotopic (exact) mass is 424 g/mol. The standard InChI is InChI=1S/C22H30Cl2N2O2/c1-22(2)17(13-19(23)24)20(22)21(27)25-14-18(26-11-5-4-6-12-26)15-7-9-16(28-3)10-8-15/h7-10,13,17-18,20H,4-6,11-12,14H2,1-3H3,(H,25,27). The van der Waals surface area contributed by atoms with Crippen molar-refractivity contribution in [3.8, 4) is 5.75 Å². The van der Waals surface area contributed by atoms with Crippen LogP contribution in [0.1, 0.15) is 44.7 Å². The van der Waals surface area contributed by atoms with Crippen molar-refractivity contribution in [2.24, 2.45) is 17.3 Å². The van der Waals surface area contributed by atoms with Crippen molar-refractivity contribution in [2.75, 3.05) is 26.7 Å². The van der Waals surface area contributed by atoms with Gasteiger partial charge in [-0.2, -0.15) is 0 Å². The third-order valence-electron chi connectivity index (χ3n) is 6.30. The molecule has 1 aliphatic carbocycles. The fourth-order valence-electron chi connectivity index (χ4n) is 4.45. The van der Waals surface area contributed by atoms with Gasteiger partial charge >= 0.3 is 0 Å². The van der Waals surface area contributed by atoms with Gasteiger partial charge in [0.15, 0.2) is 0 Å². The van der Waals surface area contributed by atoms with Gasteiger partial charge in [0.05, 0.1) is 19.1 Å². The van der Waals surface area contributed by atoms with Gasteiger partial charge in [-0.1, -0.05) is 55.6 Å². The molecule has 3 atom stereocenters. The number of piperidine rings is 1. The predicted molar refractivity (Wildman–Crippen MR) is 115 cm³/mol. The number of ether oxygens (including phenoxy) is 1. The number of carbonyl (C=O) groups excluding carboxylic acids is 1. The van der Waals surface area contributed by atoms with Crippen LogP contribution in [0.3, 0.4) is 0 Å². The maximum Gasteiger partial charge on any atom is 0.224 e. The van der Waals surface area contributed by atoms with Crippen molar-refractivity contribution in [1.82, 2.24) is 10.2 Å². The Morgan fingerprint density at radius 3 is 2.46 bits per heavy atom. The second kappa shape index (κ2) is 9.06. The van der Waals surface area contributed by atoms with Gasteiger partial charge in [0.2, 0.25) is 5.91 Å². The summed E-state index contributed by atoms with van der Waals surface area (Å²) < 4.78 is 5.52. The summed E-state index contributed by atoms with van der Waals surface area (Å²) in [6.07, 6.45) is 5.48. The van der Waals surface area contributed by atoms with Crippen molar-refractivity contribution in [3.05, 3.63) is 40.4 Å². The molecule has 1 saturated heterocycles. The van der Waals surface area contributed by atoms with Gasteiger partial charge in [-0.15, -0.1) is 0 Å². The van der Waals surface area contributed by atoms with E-state index >= 15 is 0 Å². The quantitative estimate of drug-likeness (QED) is 0.674. The normalized spacial score (nSPS) is 24.9. The van der Waals surface area contributed by atoms with Crippen molar-refractivity contribution in [3.63, 3.8) is 0 Å². The summed E-state index contributed by atoms with van der Waals surface area (Å²) >= 11 is 11.6. The first-order valence-electron chi connectivity index (χ1n) is 10.0. The second-order valence-corrected chi connectivity index (χ2v) is 9.42. The number of halogens is 2. The van der Waals surface area contributed by atoms with Gasteiger partial charge < -0.3 is 10.1 Å². The summed E-state index contributed by atoms with van der Waals surface area (Å²) in [6.45, 7) is 6.90. The SMILES string of the molecule is COc1ccc(C(CNC(=O)C2C(C=C(Cl)Cl)C2(C)C)N2CCCCC2)cc1. The summed E-state index contributed by atoms with van der Waals surface area (Å²) in [4.78, 5) is 15.3. The number of methoxy groups -OCH3 is 1. The van der Waals surface area contributed by atoms with Crippen LogP contribution in [0.15, 0.2) is 34.8 Å². The Labute approximate surface area is 178 Å². The molecule has 0 bridgehead atoms. The maximum atomic E-state index is 12.9. The number of nitrogens with one attached hydrogen (secondary N) is 1. The Bertz CT molecular complexity index is 708. The second-order valence-electron chi connectivity index (χ2n) is 8.41. The van der Waals surface area contributed by atoms with Crippen molar-refractivity contribution < 1.29 is 9.53 Å². The maximum absolute atomic E-state index is 12.9. The highest BCUT2D eigenvalue weighted by molar-refractivity contribution is 6.55. The molecule has 1 amide bonds. The molecule has 1 N–H and O–H groups in total. The smallest absolute Gasteiger partial charge is 0.224 e. The molecule has 1 heterocycles. The number of allylic oxidation sites excluding steroid dienone is 1. The van der Waals surface area contributed by atoms with E-state index in [0.29, 0.717) is 6.54 Å². The first kappa shape index (κ1) is 21.5. The zero-order chi connectivity index (χ0) is 20.3. The zero-order valence-corrected chi connectivity index (χ0v) is 18.4. The van der Waals surface area contributed by atoms with Crippen LogP contribution in [0.4, 0.5) is 0 Å². The molecule has 1 saturated carbocycles. The summed E-state index contributed by atoms with van der Waals surface area (Å²) in [6, 6.07) is 8.35. The van der Waals surface area contributed by atoms with E-state index in [1.54, 1.807) is 13.2 Å². The van der Waals surface area contributed by atoms with E-state index < -0.39 is 0 Å². The highest BCUT2D eigenvalue weighted by Gasteiger charge is 2.60. The van der Waals surface area contributed by atoms with Crippen LogP contribution >= 0.6 is 23.2 Å². The molecule has 2 aliphatic rings. The Balaban J connectivity index is 1.69. The third-order valence-corrected chi connectivity index (χ3v) is 6.55. The topological polar surface area (TPSA) is 41.6 Å². The number of hydrogen-bond acceptors (Lipinski definition) is 3. The molecule has 4 nitrogen and oxygen atoms in total. The van der Waals surface area contributed by atoms with Crippen molar-refractivity contribution in [2.45, 2.75) is 39.2 Å². The highest BCUT2D eigenvalue weighted by atomic mass is 35.5. The van der Waals surface area contributed by atoms with Gasteiger partial charge in [-0.3, -0.25) is 9.69 Å². The van der Waals surface area contributed by atoms with E-state index in [4.69, 9.17) is 27.9 Å². The molecule has 1 aliphatic heterocycles. The lowest BCUT2D eigenvalue weighted by molar-refractivity contribution is -0.123. The number of nitrogens with zero attached hydrogens (tertiary/aromatic N) is 1. The number of hydrogen-bond donors (Lipinski definition) is 1. The van der Waals surface area contributed by atoms with E-state index in [1.807, 2.05) is 12.1 Å². The molecule has 1 aromatic rings. The molecule has 28 heavy (non-hydrogen) atoms. The molecule has 1 aromatic carbocycles. The van der Waals surface area contributed by atoms with Gasteiger partial charge in [-0.25, -0.2) is 0 Å². The Hall–Kier alpha value is -1.23. The van der Waals surface area contributed by atoms with E-state index in [1.165, 1.54) is 24.8 Å². The number of carbonyl (C=O) groups is 1. The molecule has 0 aromatic heterocycles. The fourth-order valence-corrected chi connectivity index (χ4v) is 4.72. The number of benzene rings is 1. The summed E-state index contributed by atoms with van der Waals surface area (Å²) in [5.41, 5.74) is 1.10. The minimum absolute atomic E-state index is 0.0800. The molecule has 6 heteroatoms. The molecular formula is C22H30Cl2N2O2. The minimum Gasteiger partial charge on any atom is -0.497 e. The van der Waals surface area contributed by atoms with Gasteiger partial charge in [-0.05, 0) is 61.0 Å². The lowest BCUT2D eigenvalue weighted by atomic mass is 10.0. The number of rotatable bonds is 7. The Morgan fingerprint density at radius 1 is 1.25 bits per heavy atom. The minimum atomic E-state index is -0.111. The van der Waals surface area contributed by atoms with Crippen LogP contribution in [0.2, 0.25) is 0 Å². The molecule has 0 spiro atoms. The average molecular weight is 425 g/mol. The first-order valence-corrected chi connectivity index (χ1v) is 10.8. The number of amides is 1. The zero-order valence-electron chi connectivity index (χ0n) is 16.9. The summed E-state index contributed by atoms with van der Waals surface area (Å²) in [5, 5.41) is 3.20. The highest BCUT2D eigenvalue weighted by Crippen LogP contribution is 2.59. The van der Waals surface area contributed by atoms with Gasteiger partial charge in [0.1, 0.15) is 10.2 Å². The van der Waals surface area contributed by atoms with Gasteiger partial charge in [0.25, 0.3) is 0 Å². The Kier molecular flexibility index (Phi) is 6.95. The van der Waals surface area contributed by atoms with Crippen LogP contribution in [0.5, 0.6) is 5.75 Å².